The molecular weight excluding hydrogens is 434 g/mol. The number of rotatable bonds is 11. The van der Waals surface area contributed by atoms with Crippen LogP contribution in [0.15, 0.2) is 0 Å². The summed E-state index contributed by atoms with van der Waals surface area (Å²) in [5.74, 6) is 0.396. The summed E-state index contributed by atoms with van der Waals surface area (Å²) in [6, 6.07) is -0.0859. The predicted molar refractivity (Wildman–Crippen MR) is 122 cm³/mol. The van der Waals surface area contributed by atoms with Crippen LogP contribution in [-0.2, 0) is 19.6 Å². The summed E-state index contributed by atoms with van der Waals surface area (Å²) in [4.78, 5) is 24.4. The Morgan fingerprint density at radius 3 is 2.38 bits per heavy atom. The number of sulfonamides is 1. The molecule has 4 atom stereocenters. The lowest BCUT2D eigenvalue weighted by molar-refractivity contribution is -0.123. The number of carbonyl (C=O) groups is 2. The first kappa shape index (κ1) is 26.9. The highest BCUT2D eigenvalue weighted by Crippen LogP contribution is 2.27. The molecule has 2 amide bonds. The van der Waals surface area contributed by atoms with Gasteiger partial charge in [-0.1, -0.05) is 13.8 Å². The maximum atomic E-state index is 12.5. The zero-order valence-corrected chi connectivity index (χ0v) is 20.7. The number of hydrogen-bond acceptors (Lipinski definition) is 6. The highest BCUT2D eigenvalue weighted by Gasteiger charge is 2.30. The third kappa shape index (κ3) is 8.86. The van der Waals surface area contributed by atoms with Crippen molar-refractivity contribution in [1.29, 1.82) is 0 Å². The Morgan fingerprint density at radius 2 is 1.88 bits per heavy atom. The molecule has 0 aromatic carbocycles. The lowest BCUT2D eigenvalue weighted by atomic mass is 9.85. The van der Waals surface area contributed by atoms with Gasteiger partial charge in [0.05, 0.1) is 12.4 Å². The SMILES string of the molecule is CC(C)C[C@@H](CC[C@@H](C[C@@H]1CCNC1=O)C(C)O)NC(=O)OC1CCN(S(C)(=O)=O)CC1. The van der Waals surface area contributed by atoms with Gasteiger partial charge in [-0.3, -0.25) is 4.79 Å². The number of nitrogens with zero attached hydrogens (tertiary/aromatic N) is 1. The quantitative estimate of drug-likeness (QED) is 0.419. The summed E-state index contributed by atoms with van der Waals surface area (Å²) in [6.07, 6.45) is 4.55. The predicted octanol–water partition coefficient (Wildman–Crippen LogP) is 1.85. The van der Waals surface area contributed by atoms with E-state index in [1.165, 1.54) is 10.6 Å². The van der Waals surface area contributed by atoms with E-state index >= 15 is 0 Å². The van der Waals surface area contributed by atoms with E-state index in [1.807, 2.05) is 0 Å². The zero-order valence-electron chi connectivity index (χ0n) is 19.9. The minimum atomic E-state index is -3.21. The van der Waals surface area contributed by atoms with Crippen LogP contribution >= 0.6 is 0 Å². The number of ether oxygens (including phenoxy) is 1. The number of hydrogen-bond donors (Lipinski definition) is 3. The van der Waals surface area contributed by atoms with E-state index in [-0.39, 0.29) is 29.9 Å². The lowest BCUT2D eigenvalue weighted by Crippen LogP contribution is -2.43. The Bertz CT molecular complexity index is 719. The van der Waals surface area contributed by atoms with Crippen LogP contribution in [0.3, 0.4) is 0 Å². The average molecular weight is 476 g/mol. The summed E-state index contributed by atoms with van der Waals surface area (Å²) in [5.41, 5.74) is 0. The number of aliphatic hydroxyl groups is 1. The molecule has 0 saturated carbocycles. The van der Waals surface area contributed by atoms with Crippen molar-refractivity contribution >= 4 is 22.0 Å². The third-order valence-electron chi connectivity index (χ3n) is 6.54. The van der Waals surface area contributed by atoms with Crippen LogP contribution in [-0.4, -0.2) is 74.0 Å². The van der Waals surface area contributed by atoms with Crippen LogP contribution < -0.4 is 10.6 Å². The number of alkyl carbamates (subject to hydrolysis) is 1. The molecule has 2 saturated heterocycles. The van der Waals surface area contributed by atoms with E-state index in [4.69, 9.17) is 4.74 Å². The van der Waals surface area contributed by atoms with Crippen LogP contribution in [0.4, 0.5) is 4.79 Å². The smallest absolute Gasteiger partial charge is 0.407 e. The Morgan fingerprint density at radius 1 is 1.22 bits per heavy atom. The van der Waals surface area contributed by atoms with E-state index in [0.29, 0.717) is 57.7 Å². The number of aliphatic hydroxyl groups excluding tert-OH is 1. The molecule has 186 valence electrons. The fourth-order valence-corrected chi connectivity index (χ4v) is 5.53. The van der Waals surface area contributed by atoms with Gasteiger partial charge in [0, 0.05) is 31.6 Å². The number of nitrogens with one attached hydrogen (secondary N) is 2. The van der Waals surface area contributed by atoms with Crippen LogP contribution in [0, 0.1) is 17.8 Å². The standard InChI is InChI=1S/C22H41N3O6S/c1-15(2)13-19(6-5-17(16(3)26)14-18-7-10-23-21(18)27)24-22(28)31-20-8-11-25(12-9-20)32(4,29)30/h15-20,26H,5-14H2,1-4H3,(H,23,27)(H,24,28)/t16?,17-,18-,19+/m0/s1. The van der Waals surface area contributed by atoms with Gasteiger partial charge in [-0.25, -0.2) is 17.5 Å². The molecule has 2 fully saturated rings. The van der Waals surface area contributed by atoms with Gasteiger partial charge in [-0.05, 0) is 63.7 Å². The van der Waals surface area contributed by atoms with Crippen molar-refractivity contribution < 1.29 is 27.9 Å². The largest absolute Gasteiger partial charge is 0.446 e. The number of amides is 2. The summed E-state index contributed by atoms with van der Waals surface area (Å²) in [7, 11) is -3.21. The topological polar surface area (TPSA) is 125 Å². The van der Waals surface area contributed by atoms with Crippen LogP contribution in [0.25, 0.3) is 0 Å². The molecule has 2 rings (SSSR count). The Kier molecular flexibility index (Phi) is 10.2. The summed E-state index contributed by atoms with van der Waals surface area (Å²) >= 11 is 0. The molecule has 2 aliphatic heterocycles. The van der Waals surface area contributed by atoms with Gasteiger partial charge in [0.2, 0.25) is 15.9 Å². The van der Waals surface area contributed by atoms with Crippen LogP contribution in [0.1, 0.15) is 65.7 Å². The summed E-state index contributed by atoms with van der Waals surface area (Å²) in [6.45, 7) is 7.36. The Balaban J connectivity index is 1.84. The molecule has 0 aliphatic carbocycles. The van der Waals surface area contributed by atoms with Gasteiger partial charge >= 0.3 is 6.09 Å². The molecule has 32 heavy (non-hydrogen) atoms. The van der Waals surface area contributed by atoms with Crippen molar-refractivity contribution in [2.45, 2.75) is 84.0 Å². The number of piperidine rings is 1. The molecule has 0 radical (unpaired) electrons. The molecule has 0 spiro atoms. The van der Waals surface area contributed by atoms with Gasteiger partial charge in [0.1, 0.15) is 6.10 Å². The van der Waals surface area contributed by atoms with Gasteiger partial charge in [0.15, 0.2) is 0 Å². The van der Waals surface area contributed by atoms with Crippen molar-refractivity contribution in [3.63, 3.8) is 0 Å². The molecule has 0 bridgehead atoms. The second kappa shape index (κ2) is 12.2. The third-order valence-corrected chi connectivity index (χ3v) is 7.84. The first-order valence-electron chi connectivity index (χ1n) is 11.8. The fourth-order valence-electron chi connectivity index (χ4n) is 4.66. The Hall–Kier alpha value is -1.39. The second-order valence-electron chi connectivity index (χ2n) is 9.83. The van der Waals surface area contributed by atoms with Gasteiger partial charge in [-0.15, -0.1) is 0 Å². The monoisotopic (exact) mass is 475 g/mol. The normalized spacial score (nSPS) is 23.6. The van der Waals surface area contributed by atoms with Gasteiger partial charge < -0.3 is 20.5 Å². The molecule has 0 aromatic rings. The highest BCUT2D eigenvalue weighted by molar-refractivity contribution is 7.88. The lowest BCUT2D eigenvalue weighted by Gasteiger charge is -2.31. The summed E-state index contributed by atoms with van der Waals surface area (Å²) in [5, 5.41) is 16.1. The molecule has 10 heteroatoms. The Labute approximate surface area is 192 Å². The van der Waals surface area contributed by atoms with Crippen molar-refractivity contribution in [3.05, 3.63) is 0 Å². The number of carbonyl (C=O) groups excluding carboxylic acids is 2. The van der Waals surface area contributed by atoms with Crippen molar-refractivity contribution in [3.8, 4) is 0 Å². The maximum Gasteiger partial charge on any atom is 0.407 e. The summed E-state index contributed by atoms with van der Waals surface area (Å²) < 4.78 is 30.2. The van der Waals surface area contributed by atoms with Crippen LogP contribution in [0.2, 0.25) is 0 Å². The first-order chi connectivity index (χ1) is 15.0. The van der Waals surface area contributed by atoms with Crippen molar-refractivity contribution in [2.24, 2.45) is 17.8 Å². The molecule has 0 aromatic heterocycles. The van der Waals surface area contributed by atoms with Gasteiger partial charge in [-0.2, -0.15) is 0 Å². The average Bonchev–Trinajstić information content (AvgIpc) is 3.08. The maximum absolute atomic E-state index is 12.5. The molecule has 2 aliphatic rings. The van der Waals surface area contributed by atoms with Crippen molar-refractivity contribution in [2.75, 3.05) is 25.9 Å². The molecule has 1 unspecified atom stereocenters. The molecule has 9 nitrogen and oxygen atoms in total. The van der Waals surface area contributed by atoms with Gasteiger partial charge in [0.25, 0.3) is 0 Å². The van der Waals surface area contributed by atoms with Crippen LogP contribution in [0.5, 0.6) is 0 Å². The highest BCUT2D eigenvalue weighted by atomic mass is 32.2. The first-order valence-corrected chi connectivity index (χ1v) is 13.7. The van der Waals surface area contributed by atoms with Crippen molar-refractivity contribution in [1.82, 2.24) is 14.9 Å². The minimum absolute atomic E-state index is 0.00310. The van der Waals surface area contributed by atoms with E-state index in [0.717, 1.165) is 12.8 Å². The van der Waals surface area contributed by atoms with E-state index in [9.17, 15) is 23.1 Å². The van der Waals surface area contributed by atoms with E-state index < -0.39 is 22.2 Å². The second-order valence-corrected chi connectivity index (χ2v) is 11.8. The van der Waals surface area contributed by atoms with E-state index in [1.54, 1.807) is 6.92 Å². The minimum Gasteiger partial charge on any atom is -0.446 e. The molecular formula is C22H41N3O6S. The molecule has 2 heterocycles. The molecule has 3 N–H and O–H groups in total. The van der Waals surface area contributed by atoms with E-state index in [2.05, 4.69) is 24.5 Å². The zero-order chi connectivity index (χ0) is 23.9. The fraction of sp³-hybridized carbons (Fsp3) is 0.909.